The first kappa shape index (κ1) is 24.0. The van der Waals surface area contributed by atoms with Gasteiger partial charge in [-0.1, -0.05) is 6.92 Å². The van der Waals surface area contributed by atoms with Gasteiger partial charge < -0.3 is 33.9 Å². The third-order valence-corrected chi connectivity index (χ3v) is 11.7. The molecule has 13 atom stereocenters. The average Bonchev–Trinajstić information content (AvgIpc) is 3.25. The van der Waals surface area contributed by atoms with Crippen LogP contribution in [0.15, 0.2) is 0 Å². The summed E-state index contributed by atoms with van der Waals surface area (Å²) in [5.74, 6) is 0.165. The average molecular weight is 482 g/mol. The number of hydrogen-bond acceptors (Lipinski definition) is 8. The highest BCUT2D eigenvalue weighted by molar-refractivity contribution is 5.41. The van der Waals surface area contributed by atoms with Crippen LogP contribution < -0.4 is 0 Å². The van der Waals surface area contributed by atoms with Crippen LogP contribution in [0.3, 0.4) is 0 Å². The van der Waals surface area contributed by atoms with Crippen LogP contribution in [0.5, 0.6) is 0 Å². The molecule has 1 heterocycles. The molecule has 0 amide bonds. The monoisotopic (exact) mass is 481 g/mol. The van der Waals surface area contributed by atoms with Gasteiger partial charge >= 0.3 is 0 Å². The Balaban J connectivity index is 1.67. The molecular formula is C26H43NO7. The Bertz CT molecular complexity index is 829. The van der Waals surface area contributed by atoms with Crippen molar-refractivity contribution in [1.29, 1.82) is 0 Å². The van der Waals surface area contributed by atoms with Crippen LogP contribution in [-0.4, -0.2) is 112 Å². The van der Waals surface area contributed by atoms with Gasteiger partial charge in [-0.15, -0.1) is 0 Å². The molecule has 6 fully saturated rings. The zero-order valence-corrected chi connectivity index (χ0v) is 21.5. The van der Waals surface area contributed by atoms with Gasteiger partial charge in [-0.25, -0.2) is 0 Å². The van der Waals surface area contributed by atoms with Gasteiger partial charge in [0.2, 0.25) is 0 Å². The zero-order valence-electron chi connectivity index (χ0n) is 21.5. The number of ether oxygens (including phenoxy) is 5. The number of hydrogen-bond donors (Lipinski definition) is 2. The molecule has 6 aliphatic rings. The summed E-state index contributed by atoms with van der Waals surface area (Å²) in [6, 6.07) is -0.256. The van der Waals surface area contributed by atoms with Crippen molar-refractivity contribution in [1.82, 2.24) is 4.90 Å². The lowest BCUT2D eigenvalue weighted by atomic mass is 9.42. The van der Waals surface area contributed by atoms with Crippen LogP contribution in [0.1, 0.15) is 32.6 Å². The van der Waals surface area contributed by atoms with Crippen molar-refractivity contribution in [2.24, 2.45) is 34.5 Å². The van der Waals surface area contributed by atoms with E-state index in [0.717, 1.165) is 32.4 Å². The van der Waals surface area contributed by atoms with Crippen LogP contribution >= 0.6 is 0 Å². The smallest absolute Gasteiger partial charge is 0.136 e. The Kier molecular flexibility index (Phi) is 5.38. The maximum absolute atomic E-state index is 13.1. The minimum absolute atomic E-state index is 0.0262. The third kappa shape index (κ3) is 2.27. The SMILES string of the molecule is CCN1C[C@]2(COC)CC[C@H](OC)[C@@]34[C@@H]5C[C@H]6[C@@H](OC)[C@@H]5[C@](O)(C[C@H]6OC)[C@@](O)([C@@H](OC)[C@H]23)[C@@H]14. The summed E-state index contributed by atoms with van der Waals surface area (Å²) in [5.41, 5.74) is -3.38. The zero-order chi connectivity index (χ0) is 24.3. The van der Waals surface area contributed by atoms with Crippen LogP contribution in [0, 0.1) is 34.5 Å². The summed E-state index contributed by atoms with van der Waals surface area (Å²) in [4.78, 5) is 2.43. The Labute approximate surface area is 203 Å². The number of rotatable bonds is 7. The molecule has 0 unspecified atom stereocenters. The van der Waals surface area contributed by atoms with E-state index in [1.54, 1.807) is 28.4 Å². The van der Waals surface area contributed by atoms with E-state index in [1.165, 1.54) is 0 Å². The quantitative estimate of drug-likeness (QED) is 0.555. The lowest BCUT2D eigenvalue weighted by Crippen LogP contribution is -2.82. The fraction of sp³-hybridized carbons (Fsp3) is 1.00. The van der Waals surface area contributed by atoms with Crippen molar-refractivity contribution in [3.05, 3.63) is 0 Å². The molecule has 5 saturated carbocycles. The number of likely N-dealkylation sites (tertiary alicyclic amines) is 1. The molecule has 1 spiro atoms. The first-order valence-electron chi connectivity index (χ1n) is 13.1. The molecule has 2 N–H and O–H groups in total. The van der Waals surface area contributed by atoms with Gasteiger partial charge in [-0.05, 0) is 31.7 Å². The Morgan fingerprint density at radius 2 is 1.76 bits per heavy atom. The normalized spacial score (nSPS) is 59.5. The molecule has 8 heteroatoms. The van der Waals surface area contributed by atoms with E-state index >= 15 is 0 Å². The number of nitrogens with zero attached hydrogens (tertiary/aromatic N) is 1. The largest absolute Gasteiger partial charge is 0.386 e. The number of likely N-dealkylation sites (N-methyl/N-ethyl adjacent to an activating group) is 1. The fourth-order valence-corrected chi connectivity index (χ4v) is 11.3. The number of methoxy groups -OCH3 is 5. The molecule has 1 aliphatic heterocycles. The molecule has 0 radical (unpaired) electrons. The van der Waals surface area contributed by atoms with E-state index in [-0.39, 0.29) is 58.9 Å². The van der Waals surface area contributed by atoms with Crippen molar-refractivity contribution < 1.29 is 33.9 Å². The van der Waals surface area contributed by atoms with Gasteiger partial charge in [0.25, 0.3) is 0 Å². The highest BCUT2D eigenvalue weighted by Crippen LogP contribution is 2.80. The van der Waals surface area contributed by atoms with Crippen LogP contribution in [0.25, 0.3) is 0 Å². The molecule has 6 rings (SSSR count). The van der Waals surface area contributed by atoms with E-state index in [4.69, 9.17) is 23.7 Å². The fourth-order valence-electron chi connectivity index (χ4n) is 11.3. The summed E-state index contributed by atoms with van der Waals surface area (Å²) < 4.78 is 30.7. The van der Waals surface area contributed by atoms with Crippen molar-refractivity contribution >= 4 is 0 Å². The van der Waals surface area contributed by atoms with Gasteiger partial charge in [-0.3, -0.25) is 4.90 Å². The van der Waals surface area contributed by atoms with Crippen LogP contribution in [0.4, 0.5) is 0 Å². The summed E-state index contributed by atoms with van der Waals surface area (Å²) in [6.07, 6.45) is 2.30. The molecule has 1 saturated heterocycles. The lowest BCUT2D eigenvalue weighted by Gasteiger charge is -2.70. The Morgan fingerprint density at radius 1 is 1.00 bits per heavy atom. The molecule has 194 valence electrons. The number of piperidine rings is 1. The first-order valence-corrected chi connectivity index (χ1v) is 13.1. The number of fused-ring (bicyclic) bond motifs is 2. The topological polar surface area (TPSA) is 89.9 Å². The standard InChI is InChI=1S/C26H43NO7/c1-7-27-12-23(13-30-2)9-8-17(32-4)25-15-10-14-16(31-3)11-24(28,18(15)19(14)33-5)26(29,22(25)27)21(34-6)20(23)25/h14-22,28-29H,7-13H2,1-6H3/t14-,15-,16-,17+,18-,19-,20-,21+,22+,23+,24-,25+,26-/m1/s1. The minimum atomic E-state index is -1.47. The molecular weight excluding hydrogens is 438 g/mol. The van der Waals surface area contributed by atoms with Crippen molar-refractivity contribution in [2.45, 2.75) is 74.3 Å². The molecule has 5 aliphatic carbocycles. The van der Waals surface area contributed by atoms with Crippen molar-refractivity contribution in [2.75, 3.05) is 55.2 Å². The Hall–Kier alpha value is -0.320. The van der Waals surface area contributed by atoms with E-state index in [2.05, 4.69) is 11.8 Å². The van der Waals surface area contributed by atoms with Gasteiger partial charge in [0.05, 0.1) is 37.1 Å². The van der Waals surface area contributed by atoms with E-state index in [0.29, 0.717) is 13.0 Å². The minimum Gasteiger partial charge on any atom is -0.386 e. The van der Waals surface area contributed by atoms with Crippen molar-refractivity contribution in [3.63, 3.8) is 0 Å². The second-order valence-electron chi connectivity index (χ2n) is 12.1. The van der Waals surface area contributed by atoms with E-state index < -0.39 is 17.3 Å². The molecule has 7 bridgehead atoms. The highest BCUT2D eigenvalue weighted by atomic mass is 16.5. The summed E-state index contributed by atoms with van der Waals surface area (Å²) in [7, 11) is 8.77. The predicted octanol–water partition coefficient (Wildman–Crippen LogP) is 0.925. The molecule has 8 nitrogen and oxygen atoms in total. The molecule has 0 aromatic rings. The van der Waals surface area contributed by atoms with Gasteiger partial charge in [0, 0.05) is 77.1 Å². The highest BCUT2D eigenvalue weighted by Gasteiger charge is 2.91. The number of aliphatic hydroxyl groups is 2. The van der Waals surface area contributed by atoms with Crippen LogP contribution in [0.2, 0.25) is 0 Å². The predicted molar refractivity (Wildman–Crippen MR) is 123 cm³/mol. The maximum atomic E-state index is 13.1. The Morgan fingerprint density at radius 3 is 2.35 bits per heavy atom. The van der Waals surface area contributed by atoms with E-state index in [1.807, 2.05) is 7.11 Å². The molecule has 0 aromatic carbocycles. The van der Waals surface area contributed by atoms with Gasteiger partial charge in [0.15, 0.2) is 0 Å². The summed E-state index contributed by atoms with van der Waals surface area (Å²) >= 11 is 0. The molecule has 34 heavy (non-hydrogen) atoms. The third-order valence-electron chi connectivity index (χ3n) is 11.7. The van der Waals surface area contributed by atoms with E-state index in [9.17, 15) is 10.2 Å². The summed E-state index contributed by atoms with van der Waals surface area (Å²) in [5, 5.41) is 25.9. The molecule has 0 aromatic heterocycles. The second kappa shape index (κ2) is 7.60. The summed E-state index contributed by atoms with van der Waals surface area (Å²) in [6.45, 7) is 4.41. The first-order chi connectivity index (χ1) is 16.3. The van der Waals surface area contributed by atoms with Crippen molar-refractivity contribution in [3.8, 4) is 0 Å². The lowest BCUT2D eigenvalue weighted by molar-refractivity contribution is -0.320. The second-order valence-corrected chi connectivity index (χ2v) is 12.1. The van der Waals surface area contributed by atoms with Gasteiger partial charge in [0.1, 0.15) is 11.2 Å². The van der Waals surface area contributed by atoms with Gasteiger partial charge in [-0.2, -0.15) is 0 Å². The van der Waals surface area contributed by atoms with Crippen LogP contribution in [-0.2, 0) is 23.7 Å². The maximum Gasteiger partial charge on any atom is 0.136 e.